The van der Waals surface area contributed by atoms with Crippen molar-refractivity contribution < 1.29 is 9.53 Å². The van der Waals surface area contributed by atoms with Crippen LogP contribution in [0.5, 0.6) is 0 Å². The maximum atomic E-state index is 12.3. The molecule has 0 saturated heterocycles. The van der Waals surface area contributed by atoms with Gasteiger partial charge in [0, 0.05) is 17.1 Å². The van der Waals surface area contributed by atoms with Crippen LogP contribution in [0, 0.1) is 0 Å². The number of fused-ring (bicyclic) bond motifs is 1. The van der Waals surface area contributed by atoms with E-state index in [2.05, 4.69) is 22.4 Å². The number of benzene rings is 2. The minimum absolute atomic E-state index is 0.181. The molecule has 0 aliphatic rings. The van der Waals surface area contributed by atoms with Gasteiger partial charge in [-0.25, -0.2) is 4.79 Å². The van der Waals surface area contributed by atoms with Crippen molar-refractivity contribution in [3.05, 3.63) is 78.0 Å². The molecule has 1 aromatic heterocycles. The van der Waals surface area contributed by atoms with E-state index in [1.807, 2.05) is 81.6 Å². The standard InChI is InChI=1S/C23H26N2O2/c1-23(2,3)27-22(26)25-19(14-13-17-9-5-4-6-10-17)15-18-16-24-21-12-8-7-11-20(18)21/h4-14,16,19,24H,15H2,1-3H3,(H,25,26)/b14-13+/t19-/m1/s1. The van der Waals surface area contributed by atoms with E-state index in [0.717, 1.165) is 16.6 Å². The number of ether oxygens (including phenoxy) is 1. The van der Waals surface area contributed by atoms with Gasteiger partial charge in [-0.1, -0.05) is 60.7 Å². The average Bonchev–Trinajstić information content (AvgIpc) is 3.02. The van der Waals surface area contributed by atoms with E-state index in [-0.39, 0.29) is 6.04 Å². The second-order valence-corrected chi connectivity index (χ2v) is 7.59. The first kappa shape index (κ1) is 18.8. The molecule has 0 unspecified atom stereocenters. The Bertz CT molecular complexity index is 920. The van der Waals surface area contributed by atoms with Gasteiger partial charge in [0.25, 0.3) is 0 Å². The molecule has 27 heavy (non-hydrogen) atoms. The lowest BCUT2D eigenvalue weighted by Crippen LogP contribution is -2.39. The predicted molar refractivity (Wildman–Crippen MR) is 111 cm³/mol. The van der Waals surface area contributed by atoms with Crippen LogP contribution in [-0.4, -0.2) is 22.7 Å². The molecule has 0 spiro atoms. The molecular weight excluding hydrogens is 336 g/mol. The summed E-state index contributed by atoms with van der Waals surface area (Å²) < 4.78 is 5.44. The summed E-state index contributed by atoms with van der Waals surface area (Å²) in [6, 6.07) is 18.0. The first-order valence-electron chi connectivity index (χ1n) is 9.18. The Morgan fingerprint density at radius 2 is 1.81 bits per heavy atom. The fourth-order valence-electron chi connectivity index (χ4n) is 2.95. The van der Waals surface area contributed by atoms with Gasteiger partial charge >= 0.3 is 6.09 Å². The Morgan fingerprint density at radius 1 is 1.11 bits per heavy atom. The van der Waals surface area contributed by atoms with Crippen molar-refractivity contribution in [1.29, 1.82) is 0 Å². The van der Waals surface area contributed by atoms with Crippen LogP contribution in [0.2, 0.25) is 0 Å². The molecule has 3 aromatic rings. The van der Waals surface area contributed by atoms with Crippen molar-refractivity contribution in [2.24, 2.45) is 0 Å². The lowest BCUT2D eigenvalue weighted by Gasteiger charge is -2.22. The molecule has 140 valence electrons. The number of alkyl carbamates (subject to hydrolysis) is 1. The van der Waals surface area contributed by atoms with Crippen LogP contribution in [0.15, 0.2) is 66.9 Å². The van der Waals surface area contributed by atoms with E-state index in [9.17, 15) is 4.79 Å². The van der Waals surface area contributed by atoms with Crippen molar-refractivity contribution in [3.63, 3.8) is 0 Å². The largest absolute Gasteiger partial charge is 0.444 e. The summed E-state index contributed by atoms with van der Waals surface area (Å²) in [5, 5.41) is 4.15. The van der Waals surface area contributed by atoms with E-state index in [0.29, 0.717) is 6.42 Å². The molecule has 3 rings (SSSR count). The van der Waals surface area contributed by atoms with Gasteiger partial charge in [-0.05, 0) is 44.4 Å². The Balaban J connectivity index is 1.80. The molecule has 0 fully saturated rings. The second kappa shape index (κ2) is 8.12. The van der Waals surface area contributed by atoms with Crippen LogP contribution in [0.4, 0.5) is 4.79 Å². The minimum atomic E-state index is -0.529. The molecule has 1 atom stereocenters. The second-order valence-electron chi connectivity index (χ2n) is 7.59. The number of hydrogen-bond donors (Lipinski definition) is 2. The Morgan fingerprint density at radius 3 is 2.56 bits per heavy atom. The number of H-pyrrole nitrogens is 1. The summed E-state index contributed by atoms with van der Waals surface area (Å²) in [5.41, 5.74) is 2.81. The van der Waals surface area contributed by atoms with Crippen LogP contribution < -0.4 is 5.32 Å². The topological polar surface area (TPSA) is 54.1 Å². The van der Waals surface area contributed by atoms with Gasteiger partial charge in [-0.2, -0.15) is 0 Å². The molecule has 2 aromatic carbocycles. The summed E-state index contributed by atoms with van der Waals surface area (Å²) in [5.74, 6) is 0. The highest BCUT2D eigenvalue weighted by Gasteiger charge is 2.19. The molecule has 4 heteroatoms. The van der Waals surface area contributed by atoms with Crippen LogP contribution >= 0.6 is 0 Å². The van der Waals surface area contributed by atoms with Gasteiger partial charge < -0.3 is 15.0 Å². The van der Waals surface area contributed by atoms with Crippen molar-refractivity contribution in [3.8, 4) is 0 Å². The van der Waals surface area contributed by atoms with E-state index in [1.54, 1.807) is 0 Å². The zero-order valence-electron chi connectivity index (χ0n) is 16.0. The number of aromatic amines is 1. The third-order valence-corrected chi connectivity index (χ3v) is 4.14. The fraction of sp³-hybridized carbons (Fsp3) is 0.261. The third-order valence-electron chi connectivity index (χ3n) is 4.14. The van der Waals surface area contributed by atoms with Crippen LogP contribution in [0.3, 0.4) is 0 Å². The molecular formula is C23H26N2O2. The van der Waals surface area contributed by atoms with Crippen molar-refractivity contribution in [2.45, 2.75) is 38.8 Å². The maximum absolute atomic E-state index is 12.3. The summed E-state index contributed by atoms with van der Waals surface area (Å²) in [7, 11) is 0. The highest BCUT2D eigenvalue weighted by Crippen LogP contribution is 2.20. The molecule has 0 aliphatic carbocycles. The van der Waals surface area contributed by atoms with Gasteiger partial charge in [0.15, 0.2) is 0 Å². The highest BCUT2D eigenvalue weighted by atomic mass is 16.6. The number of amides is 1. The molecule has 0 saturated carbocycles. The number of carbonyl (C=O) groups excluding carboxylic acids is 1. The van der Waals surface area contributed by atoms with Gasteiger partial charge in [-0.15, -0.1) is 0 Å². The van der Waals surface area contributed by atoms with Gasteiger partial charge in [0.05, 0.1) is 6.04 Å². The number of rotatable bonds is 5. The van der Waals surface area contributed by atoms with E-state index in [1.165, 1.54) is 5.39 Å². The van der Waals surface area contributed by atoms with Crippen LogP contribution in [-0.2, 0) is 11.2 Å². The van der Waals surface area contributed by atoms with Gasteiger partial charge in [-0.3, -0.25) is 0 Å². The number of carbonyl (C=O) groups is 1. The van der Waals surface area contributed by atoms with Crippen molar-refractivity contribution in [1.82, 2.24) is 10.3 Å². The van der Waals surface area contributed by atoms with E-state index in [4.69, 9.17) is 4.74 Å². The van der Waals surface area contributed by atoms with Gasteiger partial charge in [0.1, 0.15) is 5.60 Å². The van der Waals surface area contributed by atoms with Gasteiger partial charge in [0.2, 0.25) is 0 Å². The van der Waals surface area contributed by atoms with Crippen LogP contribution in [0.25, 0.3) is 17.0 Å². The van der Waals surface area contributed by atoms with E-state index < -0.39 is 11.7 Å². The molecule has 0 aliphatic heterocycles. The lowest BCUT2D eigenvalue weighted by molar-refractivity contribution is 0.0514. The molecule has 1 amide bonds. The Labute approximate surface area is 160 Å². The van der Waals surface area contributed by atoms with Crippen molar-refractivity contribution in [2.75, 3.05) is 0 Å². The predicted octanol–water partition coefficient (Wildman–Crippen LogP) is 5.32. The Kier molecular flexibility index (Phi) is 5.65. The highest BCUT2D eigenvalue weighted by molar-refractivity contribution is 5.83. The normalized spacial score (nSPS) is 13.0. The first-order chi connectivity index (χ1) is 12.9. The third kappa shape index (κ3) is 5.48. The minimum Gasteiger partial charge on any atom is -0.444 e. The zero-order chi connectivity index (χ0) is 19.3. The molecule has 2 N–H and O–H groups in total. The summed E-state index contributed by atoms with van der Waals surface area (Å²) in [6.45, 7) is 5.59. The smallest absolute Gasteiger partial charge is 0.408 e. The lowest BCUT2D eigenvalue weighted by atomic mass is 10.0. The SMILES string of the molecule is CC(C)(C)OC(=O)N[C@H](/C=C/c1ccccc1)Cc1c[nH]c2ccccc12. The number of aromatic nitrogens is 1. The number of para-hydroxylation sites is 1. The average molecular weight is 362 g/mol. The summed E-state index contributed by atoms with van der Waals surface area (Å²) in [4.78, 5) is 15.6. The van der Waals surface area contributed by atoms with Crippen molar-refractivity contribution >= 4 is 23.1 Å². The van der Waals surface area contributed by atoms with Crippen LogP contribution in [0.1, 0.15) is 31.9 Å². The molecule has 1 heterocycles. The Hall–Kier alpha value is -3.01. The molecule has 4 nitrogen and oxygen atoms in total. The monoisotopic (exact) mass is 362 g/mol. The zero-order valence-corrected chi connectivity index (χ0v) is 16.0. The fourth-order valence-corrected chi connectivity index (χ4v) is 2.95. The molecule has 0 radical (unpaired) electrons. The maximum Gasteiger partial charge on any atom is 0.408 e. The summed E-state index contributed by atoms with van der Waals surface area (Å²) >= 11 is 0. The number of nitrogens with one attached hydrogen (secondary N) is 2. The summed E-state index contributed by atoms with van der Waals surface area (Å²) in [6.07, 6.45) is 6.31. The number of hydrogen-bond acceptors (Lipinski definition) is 2. The van der Waals surface area contributed by atoms with E-state index >= 15 is 0 Å². The first-order valence-corrected chi connectivity index (χ1v) is 9.18. The molecule has 0 bridgehead atoms. The quantitative estimate of drug-likeness (QED) is 0.645.